The van der Waals surface area contributed by atoms with Gasteiger partial charge in [0.15, 0.2) is 0 Å². The minimum absolute atomic E-state index is 0.117. The number of allylic oxidation sites excluding steroid dienone is 3. The highest BCUT2D eigenvalue weighted by Crippen LogP contribution is 2.43. The van der Waals surface area contributed by atoms with Crippen LogP contribution in [0.5, 0.6) is 0 Å². The molecule has 7 aromatic rings. The van der Waals surface area contributed by atoms with Crippen molar-refractivity contribution in [2.45, 2.75) is 12.8 Å². The van der Waals surface area contributed by atoms with E-state index in [4.69, 9.17) is 0 Å². The minimum Gasteiger partial charge on any atom is -0.310 e. The fourth-order valence-corrected chi connectivity index (χ4v) is 7.95. The molecule has 2 aliphatic heterocycles. The first-order chi connectivity index (χ1) is 20.9. The maximum absolute atomic E-state index is 2.55. The zero-order chi connectivity index (χ0) is 27.4. The van der Waals surface area contributed by atoms with Crippen LogP contribution in [-0.4, -0.2) is 15.8 Å². The molecule has 0 amide bonds. The van der Waals surface area contributed by atoms with Gasteiger partial charge in [-0.3, -0.25) is 9.47 Å². The molecule has 0 atom stereocenters. The van der Waals surface area contributed by atoms with Gasteiger partial charge in [-0.2, -0.15) is 0 Å². The van der Waals surface area contributed by atoms with Gasteiger partial charge < -0.3 is 4.57 Å². The highest BCUT2D eigenvalue weighted by molar-refractivity contribution is 7.01. The molecule has 0 N–H and O–H groups in total. The lowest BCUT2D eigenvalue weighted by atomic mass is 9.34. The predicted molar refractivity (Wildman–Crippen MR) is 177 cm³/mol. The molecule has 0 unspecified atom stereocenters. The van der Waals surface area contributed by atoms with Crippen LogP contribution in [0, 0.1) is 0 Å². The molecule has 1 aliphatic carbocycles. The summed E-state index contributed by atoms with van der Waals surface area (Å²) < 4.78 is 5.02. The highest BCUT2D eigenvalue weighted by atomic mass is 15.3. The van der Waals surface area contributed by atoms with Crippen LogP contribution in [-0.2, 0) is 0 Å². The Morgan fingerprint density at radius 1 is 0.548 bits per heavy atom. The van der Waals surface area contributed by atoms with Crippen LogP contribution in [0.1, 0.15) is 12.8 Å². The van der Waals surface area contributed by atoms with Crippen LogP contribution < -0.4 is 21.3 Å². The molecule has 0 saturated heterocycles. The van der Waals surface area contributed by atoms with Gasteiger partial charge in [0.25, 0.3) is 6.71 Å². The average Bonchev–Trinajstić information content (AvgIpc) is 3.58. The third kappa shape index (κ3) is 2.72. The standard InChI is InChI=1S/C38H26BN3/c1-3-13-25(14-4-1)40-32-22-10-8-18-29(32)35-38(40)41(26-15-5-2-6-16-26)33-23-12-24-34-36(33)39(35)30-20-11-19-28-27-17-7-9-21-31(27)42(34)37(28)30/h1,3-5,7-24H,2,6H2. The van der Waals surface area contributed by atoms with E-state index in [1.165, 1.54) is 77.7 Å². The topological polar surface area (TPSA) is 13.1 Å². The van der Waals surface area contributed by atoms with Gasteiger partial charge in [0, 0.05) is 39.0 Å². The van der Waals surface area contributed by atoms with Crippen LogP contribution in [0.25, 0.3) is 44.1 Å². The largest absolute Gasteiger partial charge is 0.310 e. The summed E-state index contributed by atoms with van der Waals surface area (Å²) in [5.41, 5.74) is 13.0. The van der Waals surface area contributed by atoms with Gasteiger partial charge in [-0.05, 0) is 77.1 Å². The number of anilines is 2. The summed E-state index contributed by atoms with van der Waals surface area (Å²) in [6.45, 7) is 0.117. The van der Waals surface area contributed by atoms with Crippen molar-refractivity contribution in [1.29, 1.82) is 0 Å². The molecule has 5 aromatic carbocycles. The lowest BCUT2D eigenvalue weighted by Crippen LogP contribution is -2.60. The number of aromatic nitrogens is 2. The van der Waals surface area contributed by atoms with Crippen molar-refractivity contribution >= 4 is 67.3 Å². The number of benzene rings is 5. The normalized spacial score (nSPS) is 14.9. The zero-order valence-electron chi connectivity index (χ0n) is 23.0. The molecule has 4 heterocycles. The summed E-state index contributed by atoms with van der Waals surface area (Å²) in [6, 6.07) is 42.6. The van der Waals surface area contributed by atoms with E-state index < -0.39 is 0 Å². The minimum atomic E-state index is 0.117. The molecule has 2 aromatic heterocycles. The second-order valence-corrected chi connectivity index (χ2v) is 11.6. The Morgan fingerprint density at radius 3 is 2.10 bits per heavy atom. The molecule has 3 nitrogen and oxygen atoms in total. The molecule has 196 valence electrons. The molecular formula is C38H26BN3. The maximum Gasteiger partial charge on any atom is 0.255 e. The van der Waals surface area contributed by atoms with Crippen molar-refractivity contribution in [3.63, 3.8) is 0 Å². The van der Waals surface area contributed by atoms with Crippen LogP contribution in [0.4, 0.5) is 11.5 Å². The molecule has 0 bridgehead atoms. The number of rotatable bonds is 2. The van der Waals surface area contributed by atoms with E-state index in [-0.39, 0.29) is 6.71 Å². The van der Waals surface area contributed by atoms with Gasteiger partial charge in [0.2, 0.25) is 0 Å². The summed E-state index contributed by atoms with van der Waals surface area (Å²) in [4.78, 5) is 2.55. The quantitative estimate of drug-likeness (QED) is 0.213. The molecule has 42 heavy (non-hydrogen) atoms. The Kier molecular flexibility index (Phi) is 4.37. The molecule has 3 aliphatic rings. The summed E-state index contributed by atoms with van der Waals surface area (Å²) >= 11 is 0. The number of para-hydroxylation sites is 4. The van der Waals surface area contributed by atoms with E-state index in [1.807, 2.05) is 0 Å². The Balaban J connectivity index is 1.44. The lowest BCUT2D eigenvalue weighted by molar-refractivity contribution is 0.978. The number of hydrogen-bond donors (Lipinski definition) is 0. The molecule has 4 heteroatoms. The Labute approximate surface area is 244 Å². The number of nitrogens with zero attached hydrogens (tertiary/aromatic N) is 3. The van der Waals surface area contributed by atoms with Crippen LogP contribution in [0.3, 0.4) is 0 Å². The maximum atomic E-state index is 2.55. The smallest absolute Gasteiger partial charge is 0.255 e. The van der Waals surface area contributed by atoms with Crippen molar-refractivity contribution in [3.8, 4) is 11.4 Å². The first kappa shape index (κ1) is 22.5. The first-order valence-electron chi connectivity index (χ1n) is 14.9. The molecule has 0 saturated carbocycles. The fraction of sp³-hybridized carbons (Fsp3) is 0.0526. The predicted octanol–water partition coefficient (Wildman–Crippen LogP) is 7.24. The van der Waals surface area contributed by atoms with E-state index in [9.17, 15) is 0 Å². The molecule has 0 radical (unpaired) electrons. The average molecular weight is 535 g/mol. The van der Waals surface area contributed by atoms with Gasteiger partial charge in [-0.1, -0.05) is 91.0 Å². The Bertz CT molecular complexity index is 2320. The van der Waals surface area contributed by atoms with Crippen molar-refractivity contribution in [1.82, 2.24) is 9.13 Å². The van der Waals surface area contributed by atoms with Gasteiger partial charge in [-0.25, -0.2) is 0 Å². The molecular weight excluding hydrogens is 509 g/mol. The van der Waals surface area contributed by atoms with E-state index in [0.717, 1.165) is 12.8 Å². The Hall–Kier alpha value is -5.22. The van der Waals surface area contributed by atoms with Crippen LogP contribution >= 0.6 is 0 Å². The van der Waals surface area contributed by atoms with Crippen LogP contribution in [0.2, 0.25) is 0 Å². The van der Waals surface area contributed by atoms with E-state index in [0.29, 0.717) is 0 Å². The van der Waals surface area contributed by atoms with Gasteiger partial charge >= 0.3 is 0 Å². The zero-order valence-corrected chi connectivity index (χ0v) is 23.0. The summed E-state index contributed by atoms with van der Waals surface area (Å²) in [5.74, 6) is 1.25. The van der Waals surface area contributed by atoms with Gasteiger partial charge in [0.1, 0.15) is 5.82 Å². The van der Waals surface area contributed by atoms with Crippen molar-refractivity contribution in [2.24, 2.45) is 0 Å². The van der Waals surface area contributed by atoms with Gasteiger partial charge in [0.05, 0.1) is 11.0 Å². The summed E-state index contributed by atoms with van der Waals surface area (Å²) in [7, 11) is 0. The number of fused-ring (bicyclic) bond motifs is 9. The summed E-state index contributed by atoms with van der Waals surface area (Å²) in [6.07, 6.45) is 9.19. The van der Waals surface area contributed by atoms with Crippen LogP contribution in [0.15, 0.2) is 139 Å². The van der Waals surface area contributed by atoms with E-state index in [2.05, 4.69) is 148 Å². The van der Waals surface area contributed by atoms with Crippen molar-refractivity contribution in [2.75, 3.05) is 4.90 Å². The molecule has 0 fully saturated rings. The second-order valence-electron chi connectivity index (χ2n) is 11.6. The lowest BCUT2D eigenvalue weighted by Gasteiger charge is -2.40. The highest BCUT2D eigenvalue weighted by Gasteiger charge is 2.45. The third-order valence-corrected chi connectivity index (χ3v) is 9.50. The Morgan fingerprint density at radius 2 is 1.26 bits per heavy atom. The third-order valence-electron chi connectivity index (χ3n) is 9.50. The van der Waals surface area contributed by atoms with Gasteiger partial charge in [-0.15, -0.1) is 0 Å². The second kappa shape index (κ2) is 8.17. The van der Waals surface area contributed by atoms with Crippen molar-refractivity contribution < 1.29 is 0 Å². The first-order valence-corrected chi connectivity index (χ1v) is 14.9. The molecule has 0 spiro atoms. The number of hydrogen-bond acceptors (Lipinski definition) is 1. The SMILES string of the molecule is C1=CC(N2c3cccc4c3B(c3c2n(-c2ccccc2)c2ccccc32)c2cccc3c5ccccc5n-4c23)=CCC1. The van der Waals surface area contributed by atoms with E-state index in [1.54, 1.807) is 0 Å². The van der Waals surface area contributed by atoms with Crippen molar-refractivity contribution in [3.05, 3.63) is 139 Å². The fourth-order valence-electron chi connectivity index (χ4n) is 7.95. The van der Waals surface area contributed by atoms with E-state index >= 15 is 0 Å². The summed E-state index contributed by atoms with van der Waals surface area (Å²) in [5, 5.41) is 3.95. The molecule has 10 rings (SSSR count). The monoisotopic (exact) mass is 535 g/mol.